The van der Waals surface area contributed by atoms with Gasteiger partial charge in [-0.15, -0.1) is 11.3 Å². The van der Waals surface area contributed by atoms with E-state index in [0.717, 1.165) is 5.56 Å². The molecule has 0 spiro atoms. The molecule has 4 aromatic rings. The van der Waals surface area contributed by atoms with Gasteiger partial charge in [-0.3, -0.25) is 19.4 Å². The first-order chi connectivity index (χ1) is 15.9. The molecule has 2 aromatic heterocycles. The highest BCUT2D eigenvalue weighted by Crippen LogP contribution is 2.36. The van der Waals surface area contributed by atoms with Gasteiger partial charge in [0.05, 0.1) is 16.3 Å². The van der Waals surface area contributed by atoms with Crippen LogP contribution in [0.25, 0.3) is 11.4 Å². The SMILES string of the molecule is O=C(Nc1nc(-c2ccccn2)cs1)c1ccc(S(=O)(=O)N2CCc3c(Cl)cccc32)cc1. The van der Waals surface area contributed by atoms with Crippen molar-refractivity contribution in [3.8, 4) is 11.4 Å². The first-order valence-electron chi connectivity index (χ1n) is 10.0. The van der Waals surface area contributed by atoms with Crippen molar-refractivity contribution >= 4 is 49.7 Å². The molecular weight excluding hydrogens is 480 g/mol. The van der Waals surface area contributed by atoms with Crippen LogP contribution < -0.4 is 9.62 Å². The van der Waals surface area contributed by atoms with Crippen LogP contribution in [0.4, 0.5) is 10.8 Å². The predicted molar refractivity (Wildman–Crippen MR) is 129 cm³/mol. The number of aromatic nitrogens is 2. The van der Waals surface area contributed by atoms with Crippen LogP contribution in [0.3, 0.4) is 0 Å². The van der Waals surface area contributed by atoms with E-state index in [1.807, 2.05) is 23.6 Å². The van der Waals surface area contributed by atoms with E-state index >= 15 is 0 Å². The average Bonchev–Trinajstić information content (AvgIpc) is 3.48. The third-order valence-corrected chi connectivity index (χ3v) is 8.22. The number of anilines is 2. The Labute approximate surface area is 199 Å². The minimum Gasteiger partial charge on any atom is -0.298 e. The molecule has 1 aliphatic rings. The largest absolute Gasteiger partial charge is 0.298 e. The molecule has 0 saturated heterocycles. The van der Waals surface area contributed by atoms with E-state index in [9.17, 15) is 13.2 Å². The van der Waals surface area contributed by atoms with Crippen molar-refractivity contribution in [1.82, 2.24) is 9.97 Å². The van der Waals surface area contributed by atoms with Crippen molar-refractivity contribution in [3.63, 3.8) is 0 Å². The number of pyridine rings is 1. The summed E-state index contributed by atoms with van der Waals surface area (Å²) in [7, 11) is -3.77. The number of carbonyl (C=O) groups excluding carboxylic acids is 1. The van der Waals surface area contributed by atoms with Gasteiger partial charge < -0.3 is 0 Å². The maximum atomic E-state index is 13.2. The average molecular weight is 497 g/mol. The topological polar surface area (TPSA) is 92.3 Å². The van der Waals surface area contributed by atoms with Crippen molar-refractivity contribution < 1.29 is 13.2 Å². The number of rotatable bonds is 5. The van der Waals surface area contributed by atoms with Crippen LogP contribution in [-0.4, -0.2) is 30.8 Å². The van der Waals surface area contributed by atoms with Crippen LogP contribution in [0.5, 0.6) is 0 Å². The molecule has 1 aliphatic heterocycles. The lowest BCUT2D eigenvalue weighted by Gasteiger charge is -2.19. The third kappa shape index (κ3) is 4.10. The summed E-state index contributed by atoms with van der Waals surface area (Å²) in [5.74, 6) is -0.376. The van der Waals surface area contributed by atoms with Crippen LogP contribution in [-0.2, 0) is 16.4 Å². The Hall–Kier alpha value is -3.27. The van der Waals surface area contributed by atoms with Crippen LogP contribution in [0.15, 0.2) is 77.1 Å². The number of thiazole rings is 1. The number of hydrogen-bond acceptors (Lipinski definition) is 6. The Morgan fingerprint density at radius 2 is 1.85 bits per heavy atom. The van der Waals surface area contributed by atoms with Gasteiger partial charge in [0, 0.05) is 28.7 Å². The zero-order chi connectivity index (χ0) is 23.0. The van der Waals surface area contributed by atoms with Gasteiger partial charge in [-0.1, -0.05) is 23.7 Å². The Morgan fingerprint density at radius 3 is 2.61 bits per heavy atom. The highest BCUT2D eigenvalue weighted by atomic mass is 35.5. The quantitative estimate of drug-likeness (QED) is 0.426. The molecule has 33 heavy (non-hydrogen) atoms. The lowest BCUT2D eigenvalue weighted by atomic mass is 10.2. The fraction of sp³-hybridized carbons (Fsp3) is 0.0870. The summed E-state index contributed by atoms with van der Waals surface area (Å²) in [6.45, 7) is 0.326. The molecule has 2 aromatic carbocycles. The van der Waals surface area contributed by atoms with Gasteiger partial charge in [-0.2, -0.15) is 0 Å². The molecule has 0 unspecified atom stereocenters. The fourth-order valence-corrected chi connectivity index (χ4v) is 6.11. The number of nitrogens with zero attached hydrogens (tertiary/aromatic N) is 3. The monoisotopic (exact) mass is 496 g/mol. The van der Waals surface area contributed by atoms with E-state index in [1.54, 1.807) is 24.4 Å². The second-order valence-corrected chi connectivity index (χ2v) is 10.4. The van der Waals surface area contributed by atoms with E-state index in [0.29, 0.717) is 45.8 Å². The van der Waals surface area contributed by atoms with E-state index in [1.165, 1.54) is 39.9 Å². The molecule has 0 saturated carbocycles. The number of amides is 1. The lowest BCUT2D eigenvalue weighted by Crippen LogP contribution is -2.29. The van der Waals surface area contributed by atoms with Gasteiger partial charge in [0.2, 0.25) is 0 Å². The smallest absolute Gasteiger partial charge is 0.264 e. The van der Waals surface area contributed by atoms with Gasteiger partial charge >= 0.3 is 0 Å². The number of sulfonamides is 1. The van der Waals surface area contributed by atoms with Gasteiger partial charge in [-0.25, -0.2) is 13.4 Å². The third-order valence-electron chi connectivity index (χ3n) is 5.28. The van der Waals surface area contributed by atoms with Crippen LogP contribution in [0.1, 0.15) is 15.9 Å². The molecule has 3 heterocycles. The molecule has 10 heteroatoms. The van der Waals surface area contributed by atoms with Gasteiger partial charge in [0.15, 0.2) is 5.13 Å². The molecule has 0 bridgehead atoms. The summed E-state index contributed by atoms with van der Waals surface area (Å²) in [5.41, 5.74) is 3.13. The first-order valence-corrected chi connectivity index (χ1v) is 12.7. The molecule has 1 N–H and O–H groups in total. The summed E-state index contributed by atoms with van der Waals surface area (Å²) in [6.07, 6.45) is 2.24. The number of benzene rings is 2. The maximum Gasteiger partial charge on any atom is 0.264 e. The molecule has 5 rings (SSSR count). The number of hydrogen-bond donors (Lipinski definition) is 1. The summed E-state index contributed by atoms with van der Waals surface area (Å²) in [6, 6.07) is 16.6. The normalized spacial score (nSPS) is 13.1. The summed E-state index contributed by atoms with van der Waals surface area (Å²) in [4.78, 5) is 21.4. The van der Waals surface area contributed by atoms with Crippen LogP contribution in [0.2, 0.25) is 5.02 Å². The number of fused-ring (bicyclic) bond motifs is 1. The Balaban J connectivity index is 1.32. The van der Waals surface area contributed by atoms with E-state index < -0.39 is 10.0 Å². The Morgan fingerprint density at radius 1 is 1.03 bits per heavy atom. The van der Waals surface area contributed by atoms with Crippen LogP contribution >= 0.6 is 22.9 Å². The number of carbonyl (C=O) groups is 1. The molecule has 0 atom stereocenters. The lowest BCUT2D eigenvalue weighted by molar-refractivity contribution is 0.102. The molecule has 0 aliphatic carbocycles. The first kappa shape index (κ1) is 21.6. The second-order valence-electron chi connectivity index (χ2n) is 7.30. The van der Waals surface area contributed by atoms with Crippen molar-refractivity contribution in [1.29, 1.82) is 0 Å². The van der Waals surface area contributed by atoms with E-state index in [4.69, 9.17) is 11.6 Å². The summed E-state index contributed by atoms with van der Waals surface area (Å²) >= 11 is 7.51. The highest BCUT2D eigenvalue weighted by Gasteiger charge is 2.31. The molecule has 1 amide bonds. The minimum atomic E-state index is -3.77. The van der Waals surface area contributed by atoms with Crippen molar-refractivity contribution in [2.45, 2.75) is 11.3 Å². The Bertz CT molecular complexity index is 1440. The van der Waals surface area contributed by atoms with Crippen molar-refractivity contribution in [3.05, 3.63) is 88.4 Å². The fourth-order valence-electron chi connectivity index (χ4n) is 3.65. The van der Waals surface area contributed by atoms with Crippen molar-refractivity contribution in [2.75, 3.05) is 16.2 Å². The second kappa shape index (κ2) is 8.58. The van der Waals surface area contributed by atoms with Gasteiger partial charge in [0.25, 0.3) is 15.9 Å². The zero-order valence-electron chi connectivity index (χ0n) is 17.1. The summed E-state index contributed by atoms with van der Waals surface area (Å²) in [5, 5.41) is 5.55. The predicted octanol–water partition coefficient (Wildman–Crippen LogP) is 4.86. The molecule has 166 valence electrons. The van der Waals surface area contributed by atoms with Gasteiger partial charge in [-0.05, 0) is 60.5 Å². The van der Waals surface area contributed by atoms with Crippen molar-refractivity contribution in [2.24, 2.45) is 0 Å². The molecular formula is C23H17ClN4O3S2. The maximum absolute atomic E-state index is 13.2. The zero-order valence-corrected chi connectivity index (χ0v) is 19.5. The molecule has 0 fully saturated rings. The van der Waals surface area contributed by atoms with Gasteiger partial charge in [0.1, 0.15) is 5.69 Å². The number of halogens is 1. The van der Waals surface area contributed by atoms with Crippen LogP contribution in [0, 0.1) is 0 Å². The highest BCUT2D eigenvalue weighted by molar-refractivity contribution is 7.92. The van der Waals surface area contributed by atoms with E-state index in [2.05, 4.69) is 15.3 Å². The summed E-state index contributed by atoms with van der Waals surface area (Å²) < 4.78 is 27.7. The number of nitrogens with one attached hydrogen (secondary N) is 1. The minimum absolute atomic E-state index is 0.110. The standard InChI is InChI=1S/C23H17ClN4O3S2/c24-18-4-3-6-21-17(18)11-13-28(21)33(30,31)16-9-7-15(8-10-16)22(29)27-23-26-20(14-32-23)19-5-1-2-12-25-19/h1-10,12,14H,11,13H2,(H,26,27,29). The Kier molecular flexibility index (Phi) is 5.61. The van der Waals surface area contributed by atoms with E-state index in [-0.39, 0.29) is 10.8 Å². The molecule has 7 nitrogen and oxygen atoms in total. The molecule has 0 radical (unpaired) electrons.